The summed E-state index contributed by atoms with van der Waals surface area (Å²) in [5.41, 5.74) is -0.499. The number of hydrogen-bond donors (Lipinski definition) is 2. The van der Waals surface area contributed by atoms with Gasteiger partial charge >= 0.3 is 6.18 Å². The van der Waals surface area contributed by atoms with Gasteiger partial charge in [0.2, 0.25) is 11.8 Å². The molecule has 10 heteroatoms. The Labute approximate surface area is 164 Å². The van der Waals surface area contributed by atoms with E-state index < -0.39 is 23.6 Å². The van der Waals surface area contributed by atoms with Crippen molar-refractivity contribution in [3.05, 3.63) is 39.8 Å². The number of thiazole rings is 1. The summed E-state index contributed by atoms with van der Waals surface area (Å²) in [6.07, 6.45) is -4.90. The van der Waals surface area contributed by atoms with Gasteiger partial charge in [-0.15, -0.1) is 11.3 Å². The number of alkyl halides is 3. The molecule has 2 aromatic rings. The molecule has 0 aliphatic rings. The van der Waals surface area contributed by atoms with Crippen LogP contribution in [0.4, 0.5) is 24.5 Å². The van der Waals surface area contributed by atoms with Crippen molar-refractivity contribution in [1.82, 2.24) is 4.98 Å². The number of halogens is 3. The van der Waals surface area contributed by atoms with Crippen molar-refractivity contribution in [2.45, 2.75) is 39.5 Å². The molecule has 0 spiro atoms. The molecule has 152 valence electrons. The van der Waals surface area contributed by atoms with Crippen molar-refractivity contribution in [2.75, 3.05) is 17.2 Å². The Morgan fingerprint density at radius 2 is 1.96 bits per heavy atom. The van der Waals surface area contributed by atoms with Gasteiger partial charge in [-0.1, -0.05) is 0 Å². The van der Waals surface area contributed by atoms with Gasteiger partial charge in [0, 0.05) is 18.9 Å². The molecule has 2 amide bonds. The van der Waals surface area contributed by atoms with Crippen molar-refractivity contribution in [3.63, 3.8) is 0 Å². The predicted octanol–water partition coefficient (Wildman–Crippen LogP) is 4.40. The lowest BCUT2D eigenvalue weighted by Crippen LogP contribution is -2.18. The van der Waals surface area contributed by atoms with Crippen molar-refractivity contribution < 1.29 is 27.5 Å². The summed E-state index contributed by atoms with van der Waals surface area (Å²) >= 11 is 1.34. The highest BCUT2D eigenvalue weighted by Crippen LogP contribution is 2.34. The largest absolute Gasteiger partial charge is 0.416 e. The first-order valence-electron chi connectivity index (χ1n) is 8.44. The van der Waals surface area contributed by atoms with Crippen molar-refractivity contribution in [3.8, 4) is 0 Å². The van der Waals surface area contributed by atoms with E-state index in [1.54, 1.807) is 5.38 Å². The maximum Gasteiger partial charge on any atom is 0.416 e. The van der Waals surface area contributed by atoms with Gasteiger partial charge in [-0.2, -0.15) is 13.2 Å². The second-order valence-electron chi connectivity index (χ2n) is 5.94. The van der Waals surface area contributed by atoms with Crippen molar-refractivity contribution in [2.24, 2.45) is 0 Å². The molecule has 0 aliphatic heterocycles. The second kappa shape index (κ2) is 9.16. The molecule has 2 N–H and O–H groups in total. The van der Waals surface area contributed by atoms with Gasteiger partial charge in [0.25, 0.3) is 0 Å². The van der Waals surface area contributed by atoms with Gasteiger partial charge in [-0.25, -0.2) is 4.98 Å². The Kier molecular flexibility index (Phi) is 7.14. The summed E-state index contributed by atoms with van der Waals surface area (Å²) in [6, 6.07) is 2.72. The lowest BCUT2D eigenvalue weighted by molar-refractivity contribution is -0.137. The normalized spacial score (nSPS) is 12.5. The minimum Gasteiger partial charge on any atom is -0.372 e. The number of nitrogens with one attached hydrogen (secondary N) is 2. The maximum atomic E-state index is 13.0. The van der Waals surface area contributed by atoms with Gasteiger partial charge in [0.05, 0.1) is 29.1 Å². The number of hydrogen-bond acceptors (Lipinski definition) is 5. The van der Waals surface area contributed by atoms with Crippen LogP contribution >= 0.6 is 11.3 Å². The molecule has 6 nitrogen and oxygen atoms in total. The van der Waals surface area contributed by atoms with Crippen LogP contribution < -0.4 is 10.6 Å². The SMILES string of the molecule is CCOC(C)c1nc(CC(=O)Nc2cc(C(F)(F)F)ccc2NC(C)=O)cs1. The molecule has 1 atom stereocenters. The maximum absolute atomic E-state index is 13.0. The van der Waals surface area contributed by atoms with Gasteiger partial charge in [0.15, 0.2) is 0 Å². The number of carbonyl (C=O) groups excluding carboxylic acids is 2. The predicted molar refractivity (Wildman–Crippen MR) is 100 cm³/mol. The standard InChI is InChI=1S/C18H20F3N3O3S/c1-4-27-10(2)17-23-13(9-28-17)8-16(26)24-15-7-12(18(19,20)21)5-6-14(15)22-11(3)25/h5-7,9-10H,4,8H2,1-3H3,(H,22,25)(H,24,26). The molecule has 1 heterocycles. The summed E-state index contributed by atoms with van der Waals surface area (Å²) in [7, 11) is 0. The van der Waals surface area contributed by atoms with Crippen LogP contribution in [0.25, 0.3) is 0 Å². The van der Waals surface area contributed by atoms with E-state index in [0.717, 1.165) is 18.2 Å². The number of anilines is 2. The number of nitrogens with zero attached hydrogens (tertiary/aromatic N) is 1. The number of benzene rings is 1. The van der Waals surface area contributed by atoms with Crippen LogP contribution in [0.3, 0.4) is 0 Å². The third-order valence-corrected chi connectivity index (χ3v) is 4.66. The summed E-state index contributed by atoms with van der Waals surface area (Å²) in [5.74, 6) is -1.02. The van der Waals surface area contributed by atoms with Gasteiger partial charge in [-0.05, 0) is 32.0 Å². The number of ether oxygens (including phenoxy) is 1. The van der Waals surface area contributed by atoms with E-state index in [0.29, 0.717) is 17.3 Å². The summed E-state index contributed by atoms with van der Waals surface area (Å²) in [6.45, 7) is 5.45. The Morgan fingerprint density at radius 1 is 1.25 bits per heavy atom. The van der Waals surface area contributed by atoms with Crippen LogP contribution in [0.15, 0.2) is 23.6 Å². The number of aromatic nitrogens is 1. The Hall–Kier alpha value is -2.46. The van der Waals surface area contributed by atoms with E-state index in [4.69, 9.17) is 4.74 Å². The Bertz CT molecular complexity index is 852. The fraction of sp³-hybridized carbons (Fsp3) is 0.389. The first-order valence-corrected chi connectivity index (χ1v) is 9.32. The fourth-order valence-corrected chi connectivity index (χ4v) is 3.22. The number of amides is 2. The van der Waals surface area contributed by atoms with Crippen LogP contribution in [0.5, 0.6) is 0 Å². The summed E-state index contributed by atoms with van der Waals surface area (Å²) < 4.78 is 44.3. The van der Waals surface area contributed by atoms with Crippen LogP contribution in [0.1, 0.15) is 43.1 Å². The second-order valence-corrected chi connectivity index (χ2v) is 6.83. The van der Waals surface area contributed by atoms with Crippen molar-refractivity contribution >= 4 is 34.5 Å². The van der Waals surface area contributed by atoms with Gasteiger partial charge < -0.3 is 15.4 Å². The van der Waals surface area contributed by atoms with Crippen LogP contribution in [0.2, 0.25) is 0 Å². The van der Waals surface area contributed by atoms with E-state index in [2.05, 4.69) is 15.6 Å². The quantitative estimate of drug-likeness (QED) is 0.703. The lowest BCUT2D eigenvalue weighted by Gasteiger charge is -2.14. The first kappa shape index (κ1) is 21.8. The van der Waals surface area contributed by atoms with E-state index in [1.165, 1.54) is 18.3 Å². The Balaban J connectivity index is 2.16. The topological polar surface area (TPSA) is 80.3 Å². The first-order chi connectivity index (χ1) is 13.1. The van der Waals surface area contributed by atoms with Gasteiger partial charge in [0.1, 0.15) is 11.1 Å². The highest BCUT2D eigenvalue weighted by molar-refractivity contribution is 7.09. The smallest absolute Gasteiger partial charge is 0.372 e. The van der Waals surface area contributed by atoms with Crippen LogP contribution in [-0.2, 0) is 26.9 Å². The molecule has 0 bridgehead atoms. The highest BCUT2D eigenvalue weighted by Gasteiger charge is 2.31. The number of carbonyl (C=O) groups is 2. The third kappa shape index (κ3) is 6.03. The minimum absolute atomic E-state index is 0.0813. The average Bonchev–Trinajstić information content (AvgIpc) is 3.03. The molecule has 1 unspecified atom stereocenters. The molecule has 0 fully saturated rings. The zero-order valence-electron chi connectivity index (χ0n) is 15.5. The van der Waals surface area contributed by atoms with E-state index >= 15 is 0 Å². The molecule has 0 saturated carbocycles. The molecule has 2 rings (SSSR count). The molecule has 0 aliphatic carbocycles. The zero-order valence-corrected chi connectivity index (χ0v) is 16.3. The average molecular weight is 415 g/mol. The number of rotatable bonds is 7. The molecule has 0 radical (unpaired) electrons. The highest BCUT2D eigenvalue weighted by atomic mass is 32.1. The summed E-state index contributed by atoms with van der Waals surface area (Å²) in [4.78, 5) is 27.9. The molecular weight excluding hydrogens is 395 g/mol. The van der Waals surface area contributed by atoms with E-state index in [1.807, 2.05) is 13.8 Å². The van der Waals surface area contributed by atoms with Crippen LogP contribution in [0, 0.1) is 0 Å². The minimum atomic E-state index is -4.58. The fourth-order valence-electron chi connectivity index (χ4n) is 2.39. The Morgan fingerprint density at radius 3 is 2.57 bits per heavy atom. The monoisotopic (exact) mass is 415 g/mol. The zero-order chi connectivity index (χ0) is 20.9. The van der Waals surface area contributed by atoms with Crippen molar-refractivity contribution in [1.29, 1.82) is 0 Å². The molecular formula is C18H20F3N3O3S. The molecule has 1 aromatic heterocycles. The van der Waals surface area contributed by atoms with E-state index in [-0.39, 0.29) is 23.9 Å². The lowest BCUT2D eigenvalue weighted by atomic mass is 10.1. The molecule has 28 heavy (non-hydrogen) atoms. The van der Waals surface area contributed by atoms with Gasteiger partial charge in [-0.3, -0.25) is 9.59 Å². The molecule has 1 aromatic carbocycles. The van der Waals surface area contributed by atoms with Crippen LogP contribution in [-0.4, -0.2) is 23.4 Å². The third-order valence-electron chi connectivity index (χ3n) is 3.61. The van der Waals surface area contributed by atoms with E-state index in [9.17, 15) is 22.8 Å². The summed E-state index contributed by atoms with van der Waals surface area (Å²) in [5, 5.41) is 7.23. The molecule has 0 saturated heterocycles.